The first-order valence-electron chi connectivity index (χ1n) is 5.12. The van der Waals surface area contributed by atoms with E-state index in [1.54, 1.807) is 6.92 Å². The largest absolute Gasteiger partial charge is 0.338 e. The second-order valence-corrected chi connectivity index (χ2v) is 5.39. The van der Waals surface area contributed by atoms with Gasteiger partial charge in [0.25, 0.3) is 0 Å². The molecule has 1 aliphatic rings. The fraction of sp³-hybridized carbons (Fsp3) is 0.545. The summed E-state index contributed by atoms with van der Waals surface area (Å²) in [6.45, 7) is 3.28. The van der Waals surface area contributed by atoms with Gasteiger partial charge in [-0.15, -0.1) is 22.9 Å². The lowest BCUT2D eigenvalue weighted by Crippen LogP contribution is -2.33. The molecule has 0 aromatic carbocycles. The van der Waals surface area contributed by atoms with Gasteiger partial charge >= 0.3 is 0 Å². The van der Waals surface area contributed by atoms with Crippen LogP contribution in [0.5, 0.6) is 0 Å². The second kappa shape index (κ2) is 4.54. The van der Waals surface area contributed by atoms with E-state index in [2.05, 4.69) is 6.07 Å². The van der Waals surface area contributed by atoms with Crippen molar-refractivity contribution < 1.29 is 4.79 Å². The maximum atomic E-state index is 11.2. The van der Waals surface area contributed by atoms with Crippen LogP contribution in [0.3, 0.4) is 0 Å². The Kier molecular flexibility index (Phi) is 3.32. The smallest absolute Gasteiger partial charge is 0.219 e. The van der Waals surface area contributed by atoms with Crippen molar-refractivity contribution >= 4 is 28.8 Å². The summed E-state index contributed by atoms with van der Waals surface area (Å²) in [6, 6.07) is 2.21. The van der Waals surface area contributed by atoms with Gasteiger partial charge < -0.3 is 4.90 Å². The predicted octanol–water partition coefficient (Wildman–Crippen LogP) is 2.43. The topological polar surface area (TPSA) is 20.3 Å². The third-order valence-electron chi connectivity index (χ3n) is 2.70. The van der Waals surface area contributed by atoms with E-state index in [-0.39, 0.29) is 5.91 Å². The van der Waals surface area contributed by atoms with Gasteiger partial charge in [0.2, 0.25) is 5.91 Å². The monoisotopic (exact) mass is 243 g/mol. The number of carbonyl (C=O) groups is 1. The number of amides is 1. The lowest BCUT2D eigenvalue weighted by molar-refractivity contribution is -0.129. The first-order chi connectivity index (χ1) is 7.20. The zero-order valence-corrected chi connectivity index (χ0v) is 10.3. The summed E-state index contributed by atoms with van der Waals surface area (Å²) >= 11 is 7.57. The zero-order valence-electron chi connectivity index (χ0n) is 8.75. The molecule has 4 heteroatoms. The van der Waals surface area contributed by atoms with Gasteiger partial charge in [0.1, 0.15) is 0 Å². The summed E-state index contributed by atoms with van der Waals surface area (Å²) in [5, 5.41) is 0. The molecule has 0 saturated heterocycles. The van der Waals surface area contributed by atoms with Crippen LogP contribution in [0.25, 0.3) is 0 Å². The molecule has 2 rings (SSSR count). The first kappa shape index (κ1) is 11.0. The summed E-state index contributed by atoms with van der Waals surface area (Å²) in [5.74, 6) is 0.848. The van der Waals surface area contributed by atoms with Gasteiger partial charge in [-0.3, -0.25) is 4.79 Å². The Hall–Kier alpha value is -0.540. The fourth-order valence-electron chi connectivity index (χ4n) is 1.88. The molecule has 0 atom stereocenters. The summed E-state index contributed by atoms with van der Waals surface area (Å²) in [5.41, 5.74) is 1.32. The molecular formula is C11H14ClNOS. The Labute approximate surface area is 98.8 Å². The van der Waals surface area contributed by atoms with Crippen LogP contribution in [0.2, 0.25) is 0 Å². The molecule has 0 saturated carbocycles. The zero-order chi connectivity index (χ0) is 10.8. The molecule has 0 fully saturated rings. The molecule has 0 radical (unpaired) electrons. The molecule has 1 aromatic rings. The predicted molar refractivity (Wildman–Crippen MR) is 63.5 cm³/mol. The number of fused-ring (bicyclic) bond motifs is 1. The third-order valence-corrected chi connectivity index (χ3v) is 4.19. The van der Waals surface area contributed by atoms with E-state index in [1.807, 2.05) is 16.2 Å². The van der Waals surface area contributed by atoms with Crippen molar-refractivity contribution in [2.45, 2.75) is 26.3 Å². The minimum Gasteiger partial charge on any atom is -0.338 e. The third kappa shape index (κ3) is 2.34. The van der Waals surface area contributed by atoms with Crippen LogP contribution >= 0.6 is 22.9 Å². The highest BCUT2D eigenvalue weighted by atomic mass is 35.5. The number of rotatable bonds is 2. The Bertz CT molecular complexity index is 375. The molecule has 1 amide bonds. The van der Waals surface area contributed by atoms with Gasteiger partial charge in [0.05, 0.1) is 0 Å². The molecule has 0 bridgehead atoms. The van der Waals surface area contributed by atoms with Crippen molar-refractivity contribution in [1.29, 1.82) is 0 Å². The minimum absolute atomic E-state index is 0.172. The van der Waals surface area contributed by atoms with Crippen molar-refractivity contribution in [3.63, 3.8) is 0 Å². The summed E-state index contributed by atoms with van der Waals surface area (Å²) < 4.78 is 0. The van der Waals surface area contributed by atoms with Crippen molar-refractivity contribution in [1.82, 2.24) is 4.90 Å². The molecule has 1 aliphatic heterocycles. The van der Waals surface area contributed by atoms with Crippen molar-refractivity contribution in [2.24, 2.45) is 0 Å². The standard InChI is InChI=1S/C11H14ClNOS/c1-8(14)13-5-3-11-9(7-13)6-10(15-11)2-4-12/h6H,2-5,7H2,1H3. The van der Waals surface area contributed by atoms with Crippen molar-refractivity contribution in [3.05, 3.63) is 21.4 Å². The molecule has 2 nitrogen and oxygen atoms in total. The number of alkyl halides is 1. The van der Waals surface area contributed by atoms with Crippen LogP contribution in [-0.2, 0) is 24.2 Å². The number of thiophene rings is 1. The van der Waals surface area contributed by atoms with Crippen LogP contribution in [0.15, 0.2) is 6.07 Å². The maximum Gasteiger partial charge on any atom is 0.219 e. The Morgan fingerprint density at radius 3 is 3.13 bits per heavy atom. The van der Waals surface area contributed by atoms with Gasteiger partial charge in [-0.1, -0.05) is 0 Å². The summed E-state index contributed by atoms with van der Waals surface area (Å²) in [7, 11) is 0. The highest BCUT2D eigenvalue weighted by Crippen LogP contribution is 2.28. The van der Waals surface area contributed by atoms with Gasteiger partial charge in [0.15, 0.2) is 0 Å². The molecule has 0 unspecified atom stereocenters. The van der Waals surface area contributed by atoms with E-state index in [9.17, 15) is 4.79 Å². The Balaban J connectivity index is 2.15. The van der Waals surface area contributed by atoms with E-state index in [1.165, 1.54) is 15.3 Å². The lowest BCUT2D eigenvalue weighted by atomic mass is 10.1. The molecule has 1 aromatic heterocycles. The first-order valence-corrected chi connectivity index (χ1v) is 6.47. The minimum atomic E-state index is 0.172. The molecule has 0 spiro atoms. The average Bonchev–Trinajstić information content (AvgIpc) is 2.59. The van der Waals surface area contributed by atoms with Gasteiger partial charge in [0, 0.05) is 35.6 Å². The normalized spacial score (nSPS) is 15.2. The maximum absolute atomic E-state index is 11.2. The summed E-state index contributed by atoms with van der Waals surface area (Å²) in [6.07, 6.45) is 1.95. The molecule has 15 heavy (non-hydrogen) atoms. The molecule has 82 valence electrons. The number of nitrogens with zero attached hydrogens (tertiary/aromatic N) is 1. The molecular weight excluding hydrogens is 230 g/mol. The SMILES string of the molecule is CC(=O)N1CCc2sc(CCCl)cc2C1. The van der Waals surface area contributed by atoms with Crippen LogP contribution in [0.4, 0.5) is 0 Å². The number of carbonyl (C=O) groups excluding carboxylic acids is 1. The van der Waals surface area contributed by atoms with E-state index in [0.717, 1.165) is 25.9 Å². The molecule has 2 heterocycles. The highest BCUT2D eigenvalue weighted by Gasteiger charge is 2.20. The average molecular weight is 244 g/mol. The van der Waals surface area contributed by atoms with E-state index in [4.69, 9.17) is 11.6 Å². The number of aryl methyl sites for hydroxylation is 1. The quantitative estimate of drug-likeness (QED) is 0.731. The number of hydrogen-bond acceptors (Lipinski definition) is 2. The van der Waals surface area contributed by atoms with Crippen molar-refractivity contribution in [3.8, 4) is 0 Å². The summed E-state index contributed by atoms with van der Waals surface area (Å²) in [4.78, 5) is 15.9. The van der Waals surface area contributed by atoms with Crippen LogP contribution in [0, 0.1) is 0 Å². The van der Waals surface area contributed by atoms with E-state index >= 15 is 0 Å². The van der Waals surface area contributed by atoms with E-state index in [0.29, 0.717) is 5.88 Å². The van der Waals surface area contributed by atoms with Gasteiger partial charge in [-0.05, 0) is 24.5 Å². The van der Waals surface area contributed by atoms with Crippen molar-refractivity contribution in [2.75, 3.05) is 12.4 Å². The Morgan fingerprint density at radius 2 is 2.47 bits per heavy atom. The van der Waals surface area contributed by atoms with Crippen LogP contribution in [-0.4, -0.2) is 23.2 Å². The molecule has 0 aliphatic carbocycles. The number of hydrogen-bond donors (Lipinski definition) is 0. The van der Waals surface area contributed by atoms with Crippen LogP contribution < -0.4 is 0 Å². The van der Waals surface area contributed by atoms with Crippen LogP contribution in [0.1, 0.15) is 22.2 Å². The van der Waals surface area contributed by atoms with Gasteiger partial charge in [-0.2, -0.15) is 0 Å². The highest BCUT2D eigenvalue weighted by molar-refractivity contribution is 7.12. The fourth-order valence-corrected chi connectivity index (χ4v) is 3.37. The van der Waals surface area contributed by atoms with Gasteiger partial charge in [-0.25, -0.2) is 0 Å². The molecule has 0 N–H and O–H groups in total. The second-order valence-electron chi connectivity index (χ2n) is 3.79. The lowest BCUT2D eigenvalue weighted by Gasteiger charge is -2.25. The van der Waals surface area contributed by atoms with E-state index < -0.39 is 0 Å². The number of halogens is 1. The Morgan fingerprint density at radius 1 is 1.67 bits per heavy atom.